The molecule has 0 saturated heterocycles. The van der Waals surface area contributed by atoms with Gasteiger partial charge in [0.2, 0.25) is 0 Å². The van der Waals surface area contributed by atoms with E-state index in [4.69, 9.17) is 0 Å². The SMILES string of the molecule is BrCCCCCCCCCCCCCCCCCCn1c2ccccc2c2ccccc21. The van der Waals surface area contributed by atoms with Crippen LogP contribution in [0, 0.1) is 0 Å². The van der Waals surface area contributed by atoms with E-state index in [1.165, 1.54) is 130 Å². The summed E-state index contributed by atoms with van der Waals surface area (Å²) in [7, 11) is 0. The number of rotatable bonds is 18. The monoisotopic (exact) mass is 497 g/mol. The highest BCUT2D eigenvalue weighted by molar-refractivity contribution is 9.09. The first kappa shape index (κ1) is 25.3. The Bertz CT molecular complexity index is 828. The molecule has 0 atom stereocenters. The smallest absolute Gasteiger partial charge is 0.0491 e. The number of hydrogen-bond acceptors (Lipinski definition) is 0. The van der Waals surface area contributed by atoms with Crippen LogP contribution in [-0.2, 0) is 6.54 Å². The summed E-state index contributed by atoms with van der Waals surface area (Å²) in [6, 6.07) is 17.8. The summed E-state index contributed by atoms with van der Waals surface area (Å²) < 4.78 is 2.54. The molecule has 3 aromatic rings. The molecule has 32 heavy (non-hydrogen) atoms. The van der Waals surface area contributed by atoms with E-state index >= 15 is 0 Å². The van der Waals surface area contributed by atoms with E-state index in [-0.39, 0.29) is 0 Å². The quantitative estimate of drug-likeness (QED) is 0.121. The number of alkyl halides is 1. The van der Waals surface area contributed by atoms with Crippen molar-refractivity contribution >= 4 is 37.7 Å². The number of para-hydroxylation sites is 2. The third kappa shape index (κ3) is 8.25. The van der Waals surface area contributed by atoms with Crippen molar-refractivity contribution < 1.29 is 0 Å². The molecule has 0 aliphatic carbocycles. The molecule has 2 heteroatoms. The Morgan fingerprint density at radius 1 is 0.438 bits per heavy atom. The third-order valence-corrected chi connectivity index (χ3v) is 7.51. The molecule has 0 saturated carbocycles. The zero-order chi connectivity index (χ0) is 22.3. The van der Waals surface area contributed by atoms with Crippen LogP contribution >= 0.6 is 15.9 Å². The first-order valence-electron chi connectivity index (χ1n) is 13.4. The van der Waals surface area contributed by atoms with E-state index in [1.54, 1.807) is 0 Å². The number of aryl methyl sites for hydroxylation is 1. The maximum Gasteiger partial charge on any atom is 0.0491 e. The van der Waals surface area contributed by atoms with Gasteiger partial charge in [-0.2, -0.15) is 0 Å². The molecule has 0 radical (unpaired) electrons. The molecule has 1 aromatic heterocycles. The number of nitrogens with zero attached hydrogens (tertiary/aromatic N) is 1. The topological polar surface area (TPSA) is 4.93 Å². The van der Waals surface area contributed by atoms with Crippen molar-refractivity contribution in [3.63, 3.8) is 0 Å². The van der Waals surface area contributed by atoms with Gasteiger partial charge in [-0.05, 0) is 25.0 Å². The second-order valence-corrected chi connectivity index (χ2v) is 10.3. The molecular formula is C30H44BrN. The lowest BCUT2D eigenvalue weighted by molar-refractivity contribution is 0.524. The van der Waals surface area contributed by atoms with Crippen LogP contribution < -0.4 is 0 Å². The lowest BCUT2D eigenvalue weighted by Gasteiger charge is -2.08. The molecule has 0 aliphatic heterocycles. The highest BCUT2D eigenvalue weighted by Crippen LogP contribution is 2.29. The second kappa shape index (κ2) is 15.5. The molecule has 0 spiro atoms. The Morgan fingerprint density at radius 2 is 0.781 bits per heavy atom. The van der Waals surface area contributed by atoms with Gasteiger partial charge in [0, 0.05) is 33.7 Å². The van der Waals surface area contributed by atoms with E-state index in [2.05, 4.69) is 69.0 Å². The number of unbranched alkanes of at least 4 members (excludes halogenated alkanes) is 15. The molecule has 1 heterocycles. The Labute approximate surface area is 205 Å². The van der Waals surface area contributed by atoms with Crippen molar-refractivity contribution in [1.82, 2.24) is 4.57 Å². The number of benzene rings is 2. The van der Waals surface area contributed by atoms with Crippen LogP contribution in [0.15, 0.2) is 48.5 Å². The zero-order valence-electron chi connectivity index (χ0n) is 20.2. The summed E-state index contributed by atoms with van der Waals surface area (Å²) in [5.74, 6) is 0. The van der Waals surface area contributed by atoms with Crippen molar-refractivity contribution in [2.45, 2.75) is 109 Å². The van der Waals surface area contributed by atoms with E-state index in [0.29, 0.717) is 0 Å². The highest BCUT2D eigenvalue weighted by Gasteiger charge is 2.08. The fourth-order valence-corrected chi connectivity index (χ4v) is 5.48. The van der Waals surface area contributed by atoms with Gasteiger partial charge < -0.3 is 4.57 Å². The van der Waals surface area contributed by atoms with Gasteiger partial charge in [-0.3, -0.25) is 0 Å². The number of halogens is 1. The molecule has 0 bridgehead atoms. The lowest BCUT2D eigenvalue weighted by Crippen LogP contribution is -1.97. The van der Waals surface area contributed by atoms with E-state index in [1.807, 2.05) is 0 Å². The van der Waals surface area contributed by atoms with Crippen LogP contribution in [0.5, 0.6) is 0 Å². The Hall–Kier alpha value is -1.28. The molecule has 2 aromatic carbocycles. The van der Waals surface area contributed by atoms with Crippen LogP contribution in [0.4, 0.5) is 0 Å². The van der Waals surface area contributed by atoms with Crippen LogP contribution in [0.3, 0.4) is 0 Å². The van der Waals surface area contributed by atoms with Gasteiger partial charge >= 0.3 is 0 Å². The van der Waals surface area contributed by atoms with Gasteiger partial charge in [0.15, 0.2) is 0 Å². The first-order valence-corrected chi connectivity index (χ1v) is 14.6. The van der Waals surface area contributed by atoms with Crippen LogP contribution in [0.2, 0.25) is 0 Å². The molecule has 0 fully saturated rings. The Morgan fingerprint density at radius 3 is 1.19 bits per heavy atom. The molecule has 0 aliphatic rings. The molecule has 3 rings (SSSR count). The summed E-state index contributed by atoms with van der Waals surface area (Å²) in [5, 5.41) is 3.97. The van der Waals surface area contributed by atoms with E-state index in [0.717, 1.165) is 6.54 Å². The Kier molecular flexibility index (Phi) is 12.3. The van der Waals surface area contributed by atoms with Gasteiger partial charge in [-0.25, -0.2) is 0 Å². The second-order valence-electron chi connectivity index (χ2n) is 9.53. The molecule has 0 N–H and O–H groups in total. The molecule has 0 amide bonds. The van der Waals surface area contributed by atoms with E-state index < -0.39 is 0 Å². The van der Waals surface area contributed by atoms with Crippen LogP contribution in [-0.4, -0.2) is 9.90 Å². The van der Waals surface area contributed by atoms with Gasteiger partial charge in [0.05, 0.1) is 0 Å². The largest absolute Gasteiger partial charge is 0.340 e. The number of fused-ring (bicyclic) bond motifs is 3. The first-order chi connectivity index (χ1) is 15.9. The van der Waals surface area contributed by atoms with Crippen molar-refractivity contribution in [2.75, 3.05) is 5.33 Å². The van der Waals surface area contributed by atoms with Crippen LogP contribution in [0.25, 0.3) is 21.8 Å². The minimum Gasteiger partial charge on any atom is -0.340 e. The predicted octanol–water partition coefficient (Wildman–Crippen LogP) is 10.4. The fourth-order valence-electron chi connectivity index (χ4n) is 5.08. The minimum absolute atomic E-state index is 1.14. The minimum atomic E-state index is 1.14. The number of aromatic nitrogens is 1. The predicted molar refractivity (Wildman–Crippen MR) is 147 cm³/mol. The summed E-state index contributed by atoms with van der Waals surface area (Å²) >= 11 is 3.51. The maximum absolute atomic E-state index is 3.51. The average Bonchev–Trinajstić information content (AvgIpc) is 3.15. The van der Waals surface area contributed by atoms with Crippen molar-refractivity contribution in [2.24, 2.45) is 0 Å². The zero-order valence-corrected chi connectivity index (χ0v) is 21.8. The molecule has 0 unspecified atom stereocenters. The van der Waals surface area contributed by atoms with Crippen LogP contribution in [0.1, 0.15) is 103 Å². The Balaban J connectivity index is 1.19. The normalized spacial score (nSPS) is 11.7. The van der Waals surface area contributed by atoms with Crippen molar-refractivity contribution in [1.29, 1.82) is 0 Å². The average molecular weight is 499 g/mol. The van der Waals surface area contributed by atoms with Gasteiger partial charge in [0.1, 0.15) is 0 Å². The molecular weight excluding hydrogens is 454 g/mol. The van der Waals surface area contributed by atoms with E-state index in [9.17, 15) is 0 Å². The lowest BCUT2D eigenvalue weighted by atomic mass is 10.0. The third-order valence-electron chi connectivity index (χ3n) is 6.95. The standard InChI is InChI=1S/C30H44BrN/c31-25-19-13-11-9-7-5-3-1-2-4-6-8-10-12-14-20-26-32-29-23-17-15-21-27(29)28-22-16-18-24-30(28)32/h15-18,21-24H,1-14,19-20,25-26H2. The van der Waals surface area contributed by atoms with Gasteiger partial charge in [-0.15, -0.1) is 0 Å². The molecule has 176 valence electrons. The van der Waals surface area contributed by atoms with Gasteiger partial charge in [0.25, 0.3) is 0 Å². The highest BCUT2D eigenvalue weighted by atomic mass is 79.9. The van der Waals surface area contributed by atoms with Gasteiger partial charge in [-0.1, -0.05) is 142 Å². The summed E-state index contributed by atoms with van der Waals surface area (Å²) in [6.07, 6.45) is 22.7. The summed E-state index contributed by atoms with van der Waals surface area (Å²) in [5.41, 5.74) is 2.78. The van der Waals surface area contributed by atoms with Crippen molar-refractivity contribution in [3.8, 4) is 0 Å². The summed E-state index contributed by atoms with van der Waals surface area (Å²) in [6.45, 7) is 1.14. The number of hydrogen-bond donors (Lipinski definition) is 0. The summed E-state index contributed by atoms with van der Waals surface area (Å²) in [4.78, 5) is 0. The molecule has 1 nitrogen and oxygen atoms in total. The van der Waals surface area contributed by atoms with Crippen molar-refractivity contribution in [3.05, 3.63) is 48.5 Å². The maximum atomic E-state index is 3.51. The fraction of sp³-hybridized carbons (Fsp3) is 0.600.